The Morgan fingerprint density at radius 3 is 2.73 bits per heavy atom. The van der Waals surface area contributed by atoms with Gasteiger partial charge in [-0.2, -0.15) is 0 Å². The summed E-state index contributed by atoms with van der Waals surface area (Å²) in [6.07, 6.45) is 2.83. The van der Waals surface area contributed by atoms with Crippen LogP contribution in [0.25, 0.3) is 0 Å². The lowest BCUT2D eigenvalue weighted by molar-refractivity contribution is -0.132. The summed E-state index contributed by atoms with van der Waals surface area (Å²) in [4.78, 5) is 13.2. The molecule has 6 heteroatoms. The molecule has 1 amide bonds. The lowest BCUT2D eigenvalue weighted by atomic mass is 10.2. The second-order valence-corrected chi connectivity index (χ2v) is 6.21. The zero-order chi connectivity index (χ0) is 11.5. The lowest BCUT2D eigenvalue weighted by Gasteiger charge is -2.22. The average molecular weight is 235 g/mol. The Balaban J connectivity index is 2.46. The van der Waals surface area contributed by atoms with Crippen molar-refractivity contribution in [1.82, 2.24) is 4.90 Å². The number of rotatable bonds is 4. The van der Waals surface area contributed by atoms with E-state index in [0.29, 0.717) is 6.54 Å². The molecule has 1 N–H and O–H groups in total. The number of hydrogen-bond donors (Lipinski definition) is 1. The van der Waals surface area contributed by atoms with Crippen molar-refractivity contribution < 1.29 is 18.3 Å². The molecule has 1 saturated heterocycles. The van der Waals surface area contributed by atoms with Crippen molar-refractivity contribution in [1.29, 1.82) is 0 Å². The number of hydrogen-bond acceptors (Lipinski definition) is 4. The van der Waals surface area contributed by atoms with Gasteiger partial charge in [-0.15, -0.1) is 0 Å². The van der Waals surface area contributed by atoms with E-state index in [-0.39, 0.29) is 30.7 Å². The fourth-order valence-electron chi connectivity index (χ4n) is 1.77. The minimum atomic E-state index is -3.08. The van der Waals surface area contributed by atoms with Gasteiger partial charge in [-0.05, 0) is 12.8 Å². The van der Waals surface area contributed by atoms with Gasteiger partial charge >= 0.3 is 0 Å². The minimum absolute atomic E-state index is 0.0231. The van der Waals surface area contributed by atoms with Crippen LogP contribution in [0.5, 0.6) is 0 Å². The van der Waals surface area contributed by atoms with E-state index in [2.05, 4.69) is 0 Å². The van der Waals surface area contributed by atoms with Crippen molar-refractivity contribution in [2.75, 3.05) is 25.2 Å². The summed E-state index contributed by atoms with van der Waals surface area (Å²) in [5.41, 5.74) is 0. The highest BCUT2D eigenvalue weighted by molar-refractivity contribution is 7.90. The highest BCUT2D eigenvalue weighted by Crippen LogP contribution is 2.17. The maximum atomic E-state index is 11.6. The van der Waals surface area contributed by atoms with Crippen LogP contribution in [-0.4, -0.2) is 55.5 Å². The van der Waals surface area contributed by atoms with Crippen molar-refractivity contribution in [2.24, 2.45) is 0 Å². The number of carbonyl (C=O) groups excluding carboxylic acids is 1. The van der Waals surface area contributed by atoms with Crippen LogP contribution in [0.15, 0.2) is 0 Å². The lowest BCUT2D eigenvalue weighted by Crippen LogP contribution is -2.38. The topological polar surface area (TPSA) is 74.7 Å². The first-order valence-electron chi connectivity index (χ1n) is 5.02. The number of amides is 1. The van der Waals surface area contributed by atoms with Gasteiger partial charge in [0.15, 0.2) is 0 Å². The first kappa shape index (κ1) is 12.4. The SMILES string of the molecule is CS(=O)(=O)CCC(=O)N1CCC[C@H]1CO. The minimum Gasteiger partial charge on any atom is -0.394 e. The summed E-state index contributed by atoms with van der Waals surface area (Å²) in [5.74, 6) is -0.280. The largest absolute Gasteiger partial charge is 0.394 e. The van der Waals surface area contributed by atoms with Gasteiger partial charge in [0.25, 0.3) is 0 Å². The van der Waals surface area contributed by atoms with Gasteiger partial charge in [-0.3, -0.25) is 4.79 Å². The Morgan fingerprint density at radius 1 is 1.53 bits per heavy atom. The second-order valence-electron chi connectivity index (χ2n) is 3.95. The van der Waals surface area contributed by atoms with Crippen molar-refractivity contribution in [3.8, 4) is 0 Å². The maximum Gasteiger partial charge on any atom is 0.223 e. The van der Waals surface area contributed by atoms with Crippen LogP contribution in [0.1, 0.15) is 19.3 Å². The predicted molar refractivity (Wildman–Crippen MR) is 56.1 cm³/mol. The molecule has 0 aliphatic carbocycles. The molecule has 1 heterocycles. The molecular weight excluding hydrogens is 218 g/mol. The van der Waals surface area contributed by atoms with Crippen molar-refractivity contribution in [3.05, 3.63) is 0 Å². The normalized spacial score (nSPS) is 22.0. The fourth-order valence-corrected chi connectivity index (χ4v) is 2.32. The van der Waals surface area contributed by atoms with Gasteiger partial charge < -0.3 is 10.0 Å². The highest BCUT2D eigenvalue weighted by Gasteiger charge is 2.27. The molecule has 15 heavy (non-hydrogen) atoms. The third kappa shape index (κ3) is 3.79. The number of sulfone groups is 1. The van der Waals surface area contributed by atoms with E-state index >= 15 is 0 Å². The Labute approximate surface area is 90.0 Å². The molecule has 0 aromatic rings. The molecule has 1 atom stereocenters. The quantitative estimate of drug-likeness (QED) is 0.706. The van der Waals surface area contributed by atoms with E-state index < -0.39 is 9.84 Å². The van der Waals surface area contributed by atoms with Crippen LogP contribution < -0.4 is 0 Å². The maximum absolute atomic E-state index is 11.6. The first-order chi connectivity index (χ1) is 6.94. The average Bonchev–Trinajstić information content (AvgIpc) is 2.60. The molecule has 1 rings (SSSR count). The molecule has 1 aliphatic heterocycles. The smallest absolute Gasteiger partial charge is 0.223 e. The number of carbonyl (C=O) groups is 1. The van der Waals surface area contributed by atoms with Gasteiger partial charge in [0.1, 0.15) is 9.84 Å². The van der Waals surface area contributed by atoms with Crippen LogP contribution >= 0.6 is 0 Å². The summed E-state index contributed by atoms with van der Waals surface area (Å²) in [6.45, 7) is 0.596. The van der Waals surface area contributed by atoms with E-state index in [1.54, 1.807) is 4.90 Å². The number of aliphatic hydroxyl groups excluding tert-OH is 1. The summed E-state index contributed by atoms with van der Waals surface area (Å²) in [7, 11) is -3.08. The van der Waals surface area contributed by atoms with Crippen LogP contribution in [0.2, 0.25) is 0 Å². The molecule has 1 fully saturated rings. The van der Waals surface area contributed by atoms with E-state index in [9.17, 15) is 13.2 Å². The molecule has 0 aromatic heterocycles. The third-order valence-electron chi connectivity index (χ3n) is 2.59. The number of aliphatic hydroxyl groups is 1. The molecule has 0 aromatic carbocycles. The van der Waals surface area contributed by atoms with E-state index in [0.717, 1.165) is 19.1 Å². The van der Waals surface area contributed by atoms with Gasteiger partial charge in [0.2, 0.25) is 5.91 Å². The zero-order valence-corrected chi connectivity index (χ0v) is 9.66. The molecule has 0 bridgehead atoms. The van der Waals surface area contributed by atoms with Crippen LogP contribution in [0.4, 0.5) is 0 Å². The van der Waals surface area contributed by atoms with Gasteiger partial charge in [0.05, 0.1) is 18.4 Å². The molecule has 88 valence electrons. The standard InChI is InChI=1S/C9H17NO4S/c1-15(13,14)6-4-9(12)10-5-2-3-8(10)7-11/h8,11H,2-7H2,1H3/t8-/m0/s1. The summed E-state index contributed by atoms with van der Waals surface area (Å²) >= 11 is 0. The van der Waals surface area contributed by atoms with Crippen molar-refractivity contribution in [2.45, 2.75) is 25.3 Å². The van der Waals surface area contributed by atoms with E-state index in [1.807, 2.05) is 0 Å². The molecule has 0 spiro atoms. The highest BCUT2D eigenvalue weighted by atomic mass is 32.2. The van der Waals surface area contributed by atoms with Gasteiger partial charge in [0, 0.05) is 19.2 Å². The third-order valence-corrected chi connectivity index (χ3v) is 3.54. The Morgan fingerprint density at radius 2 is 2.20 bits per heavy atom. The van der Waals surface area contributed by atoms with Crippen LogP contribution in [0, 0.1) is 0 Å². The number of nitrogens with zero attached hydrogens (tertiary/aromatic N) is 1. The summed E-state index contributed by atoms with van der Waals surface area (Å²) in [6, 6.07) is -0.114. The molecule has 0 radical (unpaired) electrons. The molecule has 5 nitrogen and oxygen atoms in total. The van der Waals surface area contributed by atoms with E-state index in [1.165, 1.54) is 0 Å². The summed E-state index contributed by atoms with van der Waals surface area (Å²) < 4.78 is 21.8. The second kappa shape index (κ2) is 4.94. The van der Waals surface area contributed by atoms with Crippen molar-refractivity contribution >= 4 is 15.7 Å². The van der Waals surface area contributed by atoms with Crippen LogP contribution in [-0.2, 0) is 14.6 Å². The Hall–Kier alpha value is -0.620. The van der Waals surface area contributed by atoms with Crippen molar-refractivity contribution in [3.63, 3.8) is 0 Å². The Kier molecular flexibility index (Phi) is 4.10. The van der Waals surface area contributed by atoms with E-state index in [4.69, 9.17) is 5.11 Å². The molecule has 0 unspecified atom stereocenters. The van der Waals surface area contributed by atoms with Gasteiger partial charge in [-0.25, -0.2) is 8.42 Å². The monoisotopic (exact) mass is 235 g/mol. The summed E-state index contributed by atoms with van der Waals surface area (Å²) in [5, 5.41) is 9.00. The fraction of sp³-hybridized carbons (Fsp3) is 0.889. The van der Waals surface area contributed by atoms with Crippen LogP contribution in [0.3, 0.4) is 0 Å². The first-order valence-corrected chi connectivity index (χ1v) is 7.08. The molecule has 1 aliphatic rings. The predicted octanol–water partition coefficient (Wildman–Crippen LogP) is -0.596. The Bertz CT molecular complexity index is 325. The molecular formula is C9H17NO4S. The zero-order valence-electron chi connectivity index (χ0n) is 8.85. The number of likely N-dealkylation sites (tertiary alicyclic amines) is 1. The van der Waals surface area contributed by atoms with Gasteiger partial charge in [-0.1, -0.05) is 0 Å². The molecule has 0 saturated carbocycles.